The second kappa shape index (κ2) is 4.45. The van der Waals surface area contributed by atoms with Crippen LogP contribution in [0.3, 0.4) is 0 Å². The number of hydrogen-bond donors (Lipinski definition) is 1. The smallest absolute Gasteiger partial charge is 0.0302 e. The molecule has 2 unspecified atom stereocenters. The zero-order valence-electron chi connectivity index (χ0n) is 9.05. The lowest BCUT2D eigenvalue weighted by Gasteiger charge is -2.10. The molecule has 1 aliphatic carbocycles. The van der Waals surface area contributed by atoms with Crippen LogP contribution < -0.4 is 5.32 Å². The predicted molar refractivity (Wildman–Crippen MR) is 62.7 cm³/mol. The zero-order chi connectivity index (χ0) is 9.97. The molecule has 1 fully saturated rings. The van der Waals surface area contributed by atoms with Crippen molar-refractivity contribution in [2.45, 2.75) is 45.7 Å². The molecule has 1 aromatic rings. The Labute approximate surface area is 90.5 Å². The Kier molecular flexibility index (Phi) is 3.24. The number of aryl methyl sites for hydroxylation is 1. The van der Waals surface area contributed by atoms with Gasteiger partial charge in [-0.15, -0.1) is 11.3 Å². The summed E-state index contributed by atoms with van der Waals surface area (Å²) < 4.78 is 0. The van der Waals surface area contributed by atoms with Crippen LogP contribution in [0.25, 0.3) is 0 Å². The Bertz CT molecular complexity index is 292. The van der Waals surface area contributed by atoms with Crippen LogP contribution in [0.15, 0.2) is 12.1 Å². The van der Waals surface area contributed by atoms with Gasteiger partial charge < -0.3 is 5.32 Å². The normalized spacial score (nSPS) is 27.0. The number of rotatable bonds is 3. The molecule has 0 spiro atoms. The molecular weight excluding hydrogens is 190 g/mol. The van der Waals surface area contributed by atoms with E-state index < -0.39 is 0 Å². The zero-order valence-corrected chi connectivity index (χ0v) is 9.86. The topological polar surface area (TPSA) is 12.0 Å². The minimum absolute atomic E-state index is 0.771. The van der Waals surface area contributed by atoms with E-state index >= 15 is 0 Å². The average Bonchev–Trinajstić information content (AvgIpc) is 2.72. The van der Waals surface area contributed by atoms with Crippen molar-refractivity contribution in [3.63, 3.8) is 0 Å². The quantitative estimate of drug-likeness (QED) is 0.805. The summed E-state index contributed by atoms with van der Waals surface area (Å²) in [6.45, 7) is 5.60. The Hall–Kier alpha value is -0.340. The molecule has 0 aromatic carbocycles. The fourth-order valence-corrected chi connectivity index (χ4v) is 3.06. The van der Waals surface area contributed by atoms with Crippen molar-refractivity contribution < 1.29 is 0 Å². The average molecular weight is 209 g/mol. The molecule has 0 bridgehead atoms. The Morgan fingerprint density at radius 2 is 2.29 bits per heavy atom. The van der Waals surface area contributed by atoms with E-state index in [1.807, 2.05) is 11.3 Å². The summed E-state index contributed by atoms with van der Waals surface area (Å²) in [5, 5.41) is 3.65. The van der Waals surface area contributed by atoms with E-state index in [0.29, 0.717) is 0 Å². The lowest BCUT2D eigenvalue weighted by Crippen LogP contribution is -2.25. The van der Waals surface area contributed by atoms with Crippen LogP contribution in [-0.2, 0) is 6.54 Å². The Morgan fingerprint density at radius 3 is 2.86 bits per heavy atom. The third kappa shape index (κ3) is 2.58. The molecule has 1 aromatic heterocycles. The Morgan fingerprint density at radius 1 is 1.43 bits per heavy atom. The van der Waals surface area contributed by atoms with Crippen molar-refractivity contribution in [2.75, 3.05) is 0 Å². The minimum atomic E-state index is 0.771. The molecule has 14 heavy (non-hydrogen) atoms. The number of hydrogen-bond acceptors (Lipinski definition) is 2. The molecule has 1 N–H and O–H groups in total. The fraction of sp³-hybridized carbons (Fsp3) is 0.667. The van der Waals surface area contributed by atoms with Crippen LogP contribution >= 0.6 is 11.3 Å². The summed E-state index contributed by atoms with van der Waals surface area (Å²) in [5.74, 6) is 0.928. The molecule has 2 atom stereocenters. The second-order valence-electron chi connectivity index (χ2n) is 4.51. The number of nitrogens with one attached hydrogen (secondary N) is 1. The Balaban J connectivity index is 1.77. The van der Waals surface area contributed by atoms with Gasteiger partial charge in [0.15, 0.2) is 0 Å². The van der Waals surface area contributed by atoms with Gasteiger partial charge in [0, 0.05) is 22.3 Å². The third-order valence-electron chi connectivity index (χ3n) is 3.06. The summed E-state index contributed by atoms with van der Waals surface area (Å²) >= 11 is 1.91. The molecule has 0 saturated heterocycles. The van der Waals surface area contributed by atoms with E-state index in [1.54, 1.807) is 0 Å². The molecule has 1 heterocycles. The van der Waals surface area contributed by atoms with Gasteiger partial charge in [0.1, 0.15) is 0 Å². The van der Waals surface area contributed by atoms with E-state index in [2.05, 4.69) is 31.3 Å². The van der Waals surface area contributed by atoms with Gasteiger partial charge >= 0.3 is 0 Å². The van der Waals surface area contributed by atoms with E-state index in [4.69, 9.17) is 0 Å². The summed E-state index contributed by atoms with van der Waals surface area (Å²) in [4.78, 5) is 2.89. The van der Waals surface area contributed by atoms with E-state index in [9.17, 15) is 0 Å². The first kappa shape index (κ1) is 10.2. The van der Waals surface area contributed by atoms with Crippen molar-refractivity contribution >= 4 is 11.3 Å². The SMILES string of the molecule is Cc1ccc(CNC2CCC(C)C2)s1. The standard InChI is InChI=1S/C12H19NS/c1-9-3-5-11(7-9)13-8-12-6-4-10(2)14-12/h4,6,9,11,13H,3,5,7-8H2,1-2H3. The molecule has 78 valence electrons. The highest BCUT2D eigenvalue weighted by Crippen LogP contribution is 2.25. The highest BCUT2D eigenvalue weighted by Gasteiger charge is 2.20. The maximum atomic E-state index is 3.65. The number of thiophene rings is 1. The van der Waals surface area contributed by atoms with Gasteiger partial charge in [0.05, 0.1) is 0 Å². The molecule has 2 rings (SSSR count). The van der Waals surface area contributed by atoms with Crippen LogP contribution in [0.4, 0.5) is 0 Å². The maximum absolute atomic E-state index is 3.65. The van der Waals surface area contributed by atoms with Crippen molar-refractivity contribution in [1.29, 1.82) is 0 Å². The van der Waals surface area contributed by atoms with Gasteiger partial charge in [-0.2, -0.15) is 0 Å². The lowest BCUT2D eigenvalue weighted by atomic mass is 10.1. The summed E-state index contributed by atoms with van der Waals surface area (Å²) in [6.07, 6.45) is 4.14. The summed E-state index contributed by atoms with van der Waals surface area (Å²) in [6, 6.07) is 5.22. The first-order valence-electron chi connectivity index (χ1n) is 5.53. The van der Waals surface area contributed by atoms with Crippen LogP contribution in [0.5, 0.6) is 0 Å². The van der Waals surface area contributed by atoms with E-state index in [-0.39, 0.29) is 0 Å². The minimum Gasteiger partial charge on any atom is -0.309 e. The highest BCUT2D eigenvalue weighted by molar-refractivity contribution is 7.11. The van der Waals surface area contributed by atoms with Crippen molar-refractivity contribution in [2.24, 2.45) is 5.92 Å². The largest absolute Gasteiger partial charge is 0.309 e. The second-order valence-corrected chi connectivity index (χ2v) is 5.88. The molecule has 1 saturated carbocycles. The molecule has 0 radical (unpaired) electrons. The summed E-state index contributed by atoms with van der Waals surface area (Å²) in [7, 11) is 0. The van der Waals surface area contributed by atoms with Gasteiger partial charge in [-0.1, -0.05) is 6.92 Å². The van der Waals surface area contributed by atoms with Crippen LogP contribution in [0.1, 0.15) is 35.9 Å². The fourth-order valence-electron chi connectivity index (χ4n) is 2.22. The molecular formula is C12H19NS. The van der Waals surface area contributed by atoms with Gasteiger partial charge in [-0.05, 0) is 44.2 Å². The van der Waals surface area contributed by atoms with Gasteiger partial charge in [0.25, 0.3) is 0 Å². The van der Waals surface area contributed by atoms with Crippen molar-refractivity contribution in [3.8, 4) is 0 Å². The summed E-state index contributed by atoms with van der Waals surface area (Å²) in [5.41, 5.74) is 0. The van der Waals surface area contributed by atoms with Crippen molar-refractivity contribution in [3.05, 3.63) is 21.9 Å². The van der Waals surface area contributed by atoms with E-state index in [0.717, 1.165) is 18.5 Å². The lowest BCUT2D eigenvalue weighted by molar-refractivity contribution is 0.504. The van der Waals surface area contributed by atoms with Crippen LogP contribution in [0, 0.1) is 12.8 Å². The third-order valence-corrected chi connectivity index (χ3v) is 4.06. The molecule has 0 amide bonds. The molecule has 2 heteroatoms. The van der Waals surface area contributed by atoms with Gasteiger partial charge in [-0.3, -0.25) is 0 Å². The van der Waals surface area contributed by atoms with Crippen LogP contribution in [-0.4, -0.2) is 6.04 Å². The van der Waals surface area contributed by atoms with E-state index in [1.165, 1.54) is 29.0 Å². The van der Waals surface area contributed by atoms with Crippen LogP contribution in [0.2, 0.25) is 0 Å². The molecule has 0 aliphatic heterocycles. The first-order chi connectivity index (χ1) is 6.74. The maximum Gasteiger partial charge on any atom is 0.0302 e. The van der Waals surface area contributed by atoms with Gasteiger partial charge in [-0.25, -0.2) is 0 Å². The van der Waals surface area contributed by atoms with Gasteiger partial charge in [0.2, 0.25) is 0 Å². The molecule has 1 aliphatic rings. The first-order valence-corrected chi connectivity index (χ1v) is 6.34. The predicted octanol–water partition coefficient (Wildman–Crippen LogP) is 3.33. The van der Waals surface area contributed by atoms with Crippen molar-refractivity contribution in [1.82, 2.24) is 5.32 Å². The molecule has 1 nitrogen and oxygen atoms in total. The monoisotopic (exact) mass is 209 g/mol. The highest BCUT2D eigenvalue weighted by atomic mass is 32.1.